The van der Waals surface area contributed by atoms with Crippen molar-refractivity contribution in [3.63, 3.8) is 0 Å². The highest BCUT2D eigenvalue weighted by molar-refractivity contribution is 9.10. The third kappa shape index (κ3) is 2.61. The molecule has 0 saturated carbocycles. The summed E-state index contributed by atoms with van der Waals surface area (Å²) in [5, 5.41) is 10.5. The van der Waals surface area contributed by atoms with Gasteiger partial charge in [0.1, 0.15) is 0 Å². The van der Waals surface area contributed by atoms with Crippen LogP contribution in [0.3, 0.4) is 0 Å². The Bertz CT molecular complexity index is 906. The molecule has 3 rings (SSSR count). The van der Waals surface area contributed by atoms with Gasteiger partial charge in [0.25, 0.3) is 0 Å². The van der Waals surface area contributed by atoms with Gasteiger partial charge in [-0.25, -0.2) is 4.98 Å². The number of fused-ring (bicyclic) bond motifs is 1. The normalized spacial score (nSPS) is 11.4. The first-order chi connectivity index (χ1) is 10.7. The number of nitriles is 1. The Labute approximate surface area is 136 Å². The number of rotatable bonds is 3. The summed E-state index contributed by atoms with van der Waals surface area (Å²) in [5.74, 6) is 0.498. The van der Waals surface area contributed by atoms with Gasteiger partial charge in [0.15, 0.2) is 0 Å². The molecular weight excluding hydrogens is 342 g/mol. The fraction of sp³-hybridized carbons (Fsp3) is 0.0588. The van der Waals surface area contributed by atoms with Gasteiger partial charge in [0.05, 0.1) is 18.8 Å². The van der Waals surface area contributed by atoms with Gasteiger partial charge in [-0.05, 0) is 30.3 Å². The van der Waals surface area contributed by atoms with E-state index in [1.807, 2.05) is 36.5 Å². The van der Waals surface area contributed by atoms with Crippen molar-refractivity contribution < 1.29 is 4.74 Å². The van der Waals surface area contributed by atoms with E-state index in [2.05, 4.69) is 32.0 Å². The topological polar surface area (TPSA) is 61.7 Å². The van der Waals surface area contributed by atoms with Crippen molar-refractivity contribution in [1.82, 2.24) is 9.97 Å². The van der Waals surface area contributed by atoms with Crippen molar-refractivity contribution >= 4 is 38.5 Å². The summed E-state index contributed by atoms with van der Waals surface area (Å²) >= 11 is 3.44. The Morgan fingerprint density at radius 1 is 1.41 bits per heavy atom. The Balaban J connectivity index is 2.14. The van der Waals surface area contributed by atoms with Gasteiger partial charge < -0.3 is 9.72 Å². The lowest BCUT2D eigenvalue weighted by Gasteiger charge is -2.03. The molecule has 0 saturated heterocycles. The lowest BCUT2D eigenvalue weighted by Crippen LogP contribution is -1.90. The van der Waals surface area contributed by atoms with Gasteiger partial charge >= 0.3 is 0 Å². The van der Waals surface area contributed by atoms with Crippen LogP contribution in [0.2, 0.25) is 0 Å². The number of aromatic amines is 1. The molecule has 0 radical (unpaired) electrons. The molecule has 3 aromatic rings. The van der Waals surface area contributed by atoms with Crippen LogP contribution >= 0.6 is 15.9 Å². The third-order valence-electron chi connectivity index (χ3n) is 3.35. The maximum atomic E-state index is 9.53. The number of methoxy groups -OCH3 is 1. The Morgan fingerprint density at radius 3 is 3.05 bits per heavy atom. The Hall–Kier alpha value is -2.58. The van der Waals surface area contributed by atoms with E-state index in [9.17, 15) is 5.26 Å². The van der Waals surface area contributed by atoms with Gasteiger partial charge in [-0.15, -0.1) is 0 Å². The summed E-state index contributed by atoms with van der Waals surface area (Å²) in [6.45, 7) is 0. The molecule has 0 amide bonds. The van der Waals surface area contributed by atoms with E-state index in [-0.39, 0.29) is 0 Å². The first kappa shape index (κ1) is 14.4. The molecule has 0 spiro atoms. The molecule has 0 atom stereocenters. The SMILES string of the molecule is COc1ncccc1C=C(C#N)c1c[nH]c2cc(Br)ccc12. The standard InChI is InChI=1S/C17H12BrN3O/c1-22-17-11(3-2-6-20-17)7-12(9-19)15-10-21-16-8-13(18)4-5-14(15)16/h2-8,10,21H,1H3. The van der Waals surface area contributed by atoms with E-state index < -0.39 is 0 Å². The minimum absolute atomic E-state index is 0.498. The molecule has 0 bridgehead atoms. The summed E-state index contributed by atoms with van der Waals surface area (Å²) in [4.78, 5) is 7.34. The molecule has 4 nitrogen and oxygen atoms in total. The first-order valence-corrected chi connectivity index (χ1v) is 7.40. The van der Waals surface area contributed by atoms with E-state index >= 15 is 0 Å². The van der Waals surface area contributed by atoms with Crippen LogP contribution in [-0.4, -0.2) is 17.1 Å². The van der Waals surface area contributed by atoms with Crippen LogP contribution in [0.4, 0.5) is 0 Å². The second kappa shape index (κ2) is 6.04. The molecule has 22 heavy (non-hydrogen) atoms. The third-order valence-corrected chi connectivity index (χ3v) is 3.84. The summed E-state index contributed by atoms with van der Waals surface area (Å²) in [5.41, 5.74) is 3.16. The number of hydrogen-bond acceptors (Lipinski definition) is 3. The van der Waals surface area contributed by atoms with E-state index in [1.165, 1.54) is 0 Å². The average Bonchev–Trinajstić information content (AvgIpc) is 2.95. The molecule has 2 heterocycles. The van der Waals surface area contributed by atoms with Crippen molar-refractivity contribution in [2.45, 2.75) is 0 Å². The van der Waals surface area contributed by atoms with E-state index in [0.717, 1.165) is 26.5 Å². The molecular formula is C17H12BrN3O. The quantitative estimate of drug-likeness (QED) is 0.709. The summed E-state index contributed by atoms with van der Waals surface area (Å²) in [6, 6.07) is 11.9. The second-order valence-electron chi connectivity index (χ2n) is 4.66. The number of aromatic nitrogens is 2. The van der Waals surface area contributed by atoms with E-state index in [4.69, 9.17) is 4.74 Å². The number of pyridine rings is 1. The van der Waals surface area contributed by atoms with E-state index in [0.29, 0.717) is 11.5 Å². The van der Waals surface area contributed by atoms with Crippen molar-refractivity contribution in [2.75, 3.05) is 7.11 Å². The highest BCUT2D eigenvalue weighted by atomic mass is 79.9. The van der Waals surface area contributed by atoms with E-state index in [1.54, 1.807) is 19.4 Å². The Kier molecular flexibility index (Phi) is 3.94. The monoisotopic (exact) mass is 353 g/mol. The summed E-state index contributed by atoms with van der Waals surface area (Å²) in [6.07, 6.45) is 5.29. The minimum Gasteiger partial charge on any atom is -0.481 e. The molecule has 0 aliphatic heterocycles. The van der Waals surface area contributed by atoms with Gasteiger partial charge in [-0.1, -0.05) is 22.0 Å². The summed E-state index contributed by atoms with van der Waals surface area (Å²) in [7, 11) is 1.56. The zero-order valence-electron chi connectivity index (χ0n) is 11.8. The summed E-state index contributed by atoms with van der Waals surface area (Å²) < 4.78 is 6.22. The van der Waals surface area contributed by atoms with Crippen LogP contribution in [0.15, 0.2) is 47.2 Å². The lowest BCUT2D eigenvalue weighted by molar-refractivity contribution is 0.397. The first-order valence-electron chi connectivity index (χ1n) is 6.60. The smallest absolute Gasteiger partial charge is 0.220 e. The van der Waals surface area contributed by atoms with Crippen molar-refractivity contribution in [2.24, 2.45) is 0 Å². The Morgan fingerprint density at radius 2 is 2.27 bits per heavy atom. The fourth-order valence-electron chi connectivity index (χ4n) is 2.33. The zero-order valence-corrected chi connectivity index (χ0v) is 13.4. The molecule has 0 fully saturated rings. The number of H-pyrrole nitrogens is 1. The van der Waals surface area contributed by atoms with Crippen molar-refractivity contribution in [1.29, 1.82) is 5.26 Å². The number of benzene rings is 1. The fourth-order valence-corrected chi connectivity index (χ4v) is 2.69. The zero-order chi connectivity index (χ0) is 15.5. The predicted octanol–water partition coefficient (Wildman–Crippen LogP) is 4.40. The molecule has 2 aromatic heterocycles. The molecule has 0 aliphatic rings. The molecule has 5 heteroatoms. The highest BCUT2D eigenvalue weighted by Crippen LogP contribution is 2.29. The molecule has 0 aliphatic carbocycles. The number of nitrogens with zero attached hydrogens (tertiary/aromatic N) is 2. The van der Waals surface area contributed by atoms with Crippen LogP contribution < -0.4 is 4.74 Å². The molecule has 1 aromatic carbocycles. The van der Waals surface area contributed by atoms with Crippen LogP contribution in [-0.2, 0) is 0 Å². The highest BCUT2D eigenvalue weighted by Gasteiger charge is 2.10. The minimum atomic E-state index is 0.498. The molecule has 1 N–H and O–H groups in total. The van der Waals surface area contributed by atoms with Crippen molar-refractivity contribution in [3.05, 3.63) is 58.3 Å². The average molecular weight is 354 g/mol. The maximum absolute atomic E-state index is 9.53. The van der Waals surface area contributed by atoms with Gasteiger partial charge in [-0.2, -0.15) is 5.26 Å². The number of hydrogen-bond donors (Lipinski definition) is 1. The van der Waals surface area contributed by atoms with Crippen LogP contribution in [0.1, 0.15) is 11.1 Å². The van der Waals surface area contributed by atoms with Crippen LogP contribution in [0.5, 0.6) is 5.88 Å². The number of nitrogens with one attached hydrogen (secondary N) is 1. The van der Waals surface area contributed by atoms with Gasteiger partial charge in [0, 0.05) is 38.9 Å². The lowest BCUT2D eigenvalue weighted by atomic mass is 10.0. The largest absolute Gasteiger partial charge is 0.481 e. The number of allylic oxidation sites excluding steroid dienone is 1. The molecule has 108 valence electrons. The second-order valence-corrected chi connectivity index (χ2v) is 5.58. The number of halogens is 1. The van der Waals surface area contributed by atoms with Gasteiger partial charge in [0.2, 0.25) is 5.88 Å². The van der Waals surface area contributed by atoms with Crippen LogP contribution in [0.25, 0.3) is 22.6 Å². The predicted molar refractivity (Wildman–Crippen MR) is 90.3 cm³/mol. The maximum Gasteiger partial charge on any atom is 0.220 e. The van der Waals surface area contributed by atoms with Crippen molar-refractivity contribution in [3.8, 4) is 11.9 Å². The molecule has 0 unspecified atom stereocenters. The number of ether oxygens (including phenoxy) is 1. The van der Waals surface area contributed by atoms with Gasteiger partial charge in [-0.3, -0.25) is 0 Å². The van der Waals surface area contributed by atoms with Crippen LogP contribution in [0, 0.1) is 11.3 Å².